The number of nitrogens with one attached hydrogen (secondary N) is 1. The second-order valence-corrected chi connectivity index (χ2v) is 20.7. The predicted octanol–water partition coefficient (Wildman–Crippen LogP) is 18.5. The Hall–Kier alpha value is -1.40. The first-order chi connectivity index (χ1) is 32.5. The van der Waals surface area contributed by atoms with E-state index in [0.717, 1.165) is 57.8 Å². The van der Waals surface area contributed by atoms with Gasteiger partial charge >= 0.3 is 5.97 Å². The third-order valence-corrected chi connectivity index (χ3v) is 14.1. The molecule has 0 saturated heterocycles. The van der Waals surface area contributed by atoms with Gasteiger partial charge < -0.3 is 20.3 Å². The average molecular weight is 933 g/mol. The van der Waals surface area contributed by atoms with Gasteiger partial charge in [-0.2, -0.15) is 0 Å². The van der Waals surface area contributed by atoms with Crippen LogP contribution >= 0.6 is 0 Å². The van der Waals surface area contributed by atoms with Gasteiger partial charge in [-0.15, -0.1) is 0 Å². The summed E-state index contributed by atoms with van der Waals surface area (Å²) in [4.78, 5) is 24.6. The lowest BCUT2D eigenvalue weighted by Crippen LogP contribution is -2.45. The molecule has 0 aromatic heterocycles. The van der Waals surface area contributed by atoms with E-state index in [1.165, 1.54) is 250 Å². The van der Waals surface area contributed by atoms with Crippen LogP contribution in [0.25, 0.3) is 0 Å². The van der Waals surface area contributed by atoms with Gasteiger partial charge in [0.05, 0.1) is 25.4 Å². The number of carbonyl (C=O) groups excluding carboxylic acids is 2. The van der Waals surface area contributed by atoms with E-state index in [-0.39, 0.29) is 18.5 Å². The molecule has 0 bridgehead atoms. The molecule has 0 heterocycles. The maximum Gasteiger partial charge on any atom is 0.305 e. The normalized spacial score (nSPS) is 12.6. The van der Waals surface area contributed by atoms with Crippen LogP contribution < -0.4 is 5.32 Å². The summed E-state index contributed by atoms with van der Waals surface area (Å²) < 4.78 is 5.46. The Balaban J connectivity index is 3.49. The lowest BCUT2D eigenvalue weighted by molar-refractivity contribution is -0.143. The number of aliphatic hydroxyl groups excluding tert-OH is 2. The standard InChI is InChI=1S/C60H117NO5/c1-3-5-7-9-11-13-15-17-19-20-21-22-23-24-25-26-27-28-30-31-33-36-40-44-48-52-58(63)57(56-62)61-59(64)53-49-45-41-37-35-39-43-47-51-55-66-60(65)54-50-46-42-38-34-32-29-18-16-14-12-10-8-6-4-2/h48,52,57-58,62-63H,3-47,49-51,53-56H2,1-2H3,(H,61,64)/b52-48+. The number of unbranched alkanes of at least 4 members (excludes halogenated alkanes) is 45. The lowest BCUT2D eigenvalue weighted by Gasteiger charge is -2.20. The van der Waals surface area contributed by atoms with Crippen molar-refractivity contribution in [2.24, 2.45) is 0 Å². The molecule has 6 heteroatoms. The van der Waals surface area contributed by atoms with Crippen molar-refractivity contribution >= 4 is 11.9 Å². The molecule has 0 rings (SSSR count). The largest absolute Gasteiger partial charge is 0.466 e. The van der Waals surface area contributed by atoms with Crippen LogP contribution in [0.4, 0.5) is 0 Å². The predicted molar refractivity (Wildman–Crippen MR) is 287 cm³/mol. The molecule has 392 valence electrons. The zero-order valence-corrected chi connectivity index (χ0v) is 44.7. The number of esters is 1. The lowest BCUT2D eigenvalue weighted by atomic mass is 10.0. The van der Waals surface area contributed by atoms with Gasteiger partial charge in [-0.05, 0) is 32.1 Å². The van der Waals surface area contributed by atoms with E-state index in [0.29, 0.717) is 19.4 Å². The van der Waals surface area contributed by atoms with Crippen LogP contribution in [0.5, 0.6) is 0 Å². The van der Waals surface area contributed by atoms with E-state index in [1.54, 1.807) is 6.08 Å². The maximum atomic E-state index is 12.5. The van der Waals surface area contributed by atoms with Crippen LogP contribution in [0.2, 0.25) is 0 Å². The second kappa shape index (κ2) is 56.2. The zero-order valence-electron chi connectivity index (χ0n) is 44.7. The van der Waals surface area contributed by atoms with Crippen molar-refractivity contribution in [1.82, 2.24) is 5.32 Å². The van der Waals surface area contributed by atoms with Gasteiger partial charge in [-0.3, -0.25) is 9.59 Å². The number of aliphatic hydroxyl groups is 2. The van der Waals surface area contributed by atoms with Gasteiger partial charge in [-0.1, -0.05) is 302 Å². The first-order valence-electron chi connectivity index (χ1n) is 30.0. The van der Waals surface area contributed by atoms with Crippen LogP contribution in [-0.2, 0) is 14.3 Å². The first-order valence-corrected chi connectivity index (χ1v) is 30.0. The number of hydrogen-bond donors (Lipinski definition) is 3. The fourth-order valence-corrected chi connectivity index (χ4v) is 9.46. The summed E-state index contributed by atoms with van der Waals surface area (Å²) in [7, 11) is 0. The van der Waals surface area contributed by atoms with Crippen LogP contribution in [0.3, 0.4) is 0 Å². The van der Waals surface area contributed by atoms with Crippen LogP contribution in [0.1, 0.15) is 335 Å². The summed E-state index contributed by atoms with van der Waals surface area (Å²) in [5, 5.41) is 23.2. The quantitative estimate of drug-likeness (QED) is 0.0321. The number of amides is 1. The number of ether oxygens (including phenoxy) is 1. The van der Waals surface area contributed by atoms with Crippen LogP contribution in [0, 0.1) is 0 Å². The van der Waals surface area contributed by atoms with E-state index < -0.39 is 12.1 Å². The molecule has 6 nitrogen and oxygen atoms in total. The van der Waals surface area contributed by atoms with Crippen molar-refractivity contribution < 1.29 is 24.5 Å². The monoisotopic (exact) mass is 932 g/mol. The summed E-state index contributed by atoms with van der Waals surface area (Å²) in [6, 6.07) is -0.648. The summed E-state index contributed by atoms with van der Waals surface area (Å²) in [6.07, 6.45) is 66.7. The van der Waals surface area contributed by atoms with E-state index in [9.17, 15) is 19.8 Å². The molecule has 1 amide bonds. The molecular formula is C60H117NO5. The molecule has 0 fully saturated rings. The zero-order chi connectivity index (χ0) is 47.9. The van der Waals surface area contributed by atoms with Gasteiger partial charge in [0.2, 0.25) is 5.91 Å². The van der Waals surface area contributed by atoms with E-state index in [2.05, 4.69) is 19.2 Å². The maximum absolute atomic E-state index is 12.5. The fraction of sp³-hybridized carbons (Fsp3) is 0.933. The third-order valence-electron chi connectivity index (χ3n) is 14.1. The molecule has 2 atom stereocenters. The smallest absolute Gasteiger partial charge is 0.305 e. The van der Waals surface area contributed by atoms with E-state index >= 15 is 0 Å². The highest BCUT2D eigenvalue weighted by Gasteiger charge is 2.18. The third kappa shape index (κ3) is 52.0. The Bertz CT molecular complexity index is 986. The van der Waals surface area contributed by atoms with Crippen LogP contribution in [-0.4, -0.2) is 47.4 Å². The molecule has 0 aromatic rings. The average Bonchev–Trinajstić information content (AvgIpc) is 3.32. The van der Waals surface area contributed by atoms with Gasteiger partial charge in [0.25, 0.3) is 0 Å². The fourth-order valence-electron chi connectivity index (χ4n) is 9.46. The van der Waals surface area contributed by atoms with Crippen molar-refractivity contribution in [3.8, 4) is 0 Å². The number of hydrogen-bond acceptors (Lipinski definition) is 5. The van der Waals surface area contributed by atoms with Gasteiger partial charge in [0, 0.05) is 12.8 Å². The molecule has 0 aliphatic carbocycles. The molecule has 0 aliphatic heterocycles. The summed E-state index contributed by atoms with van der Waals surface area (Å²) >= 11 is 0. The minimum absolute atomic E-state index is 0.0231. The highest BCUT2D eigenvalue weighted by molar-refractivity contribution is 5.76. The van der Waals surface area contributed by atoms with Crippen molar-refractivity contribution in [2.45, 2.75) is 347 Å². The van der Waals surface area contributed by atoms with E-state index in [1.807, 2.05) is 6.08 Å². The van der Waals surface area contributed by atoms with Crippen molar-refractivity contribution in [3.05, 3.63) is 12.2 Å². The Labute approximate surface area is 412 Å². The number of allylic oxidation sites excluding steroid dienone is 1. The Morgan fingerprint density at radius 1 is 0.409 bits per heavy atom. The minimum Gasteiger partial charge on any atom is -0.466 e. The molecule has 3 N–H and O–H groups in total. The summed E-state index contributed by atoms with van der Waals surface area (Å²) in [5.74, 6) is -0.114. The van der Waals surface area contributed by atoms with E-state index in [4.69, 9.17) is 4.74 Å². The van der Waals surface area contributed by atoms with Gasteiger partial charge in [-0.25, -0.2) is 0 Å². The molecular weight excluding hydrogens is 815 g/mol. The van der Waals surface area contributed by atoms with Crippen molar-refractivity contribution in [3.63, 3.8) is 0 Å². The van der Waals surface area contributed by atoms with Gasteiger partial charge in [0.1, 0.15) is 0 Å². The minimum atomic E-state index is -0.862. The second-order valence-electron chi connectivity index (χ2n) is 20.7. The van der Waals surface area contributed by atoms with Gasteiger partial charge in [0.15, 0.2) is 0 Å². The summed E-state index contributed by atoms with van der Waals surface area (Å²) in [5.41, 5.74) is 0. The van der Waals surface area contributed by atoms with Crippen molar-refractivity contribution in [2.75, 3.05) is 13.2 Å². The molecule has 2 unspecified atom stereocenters. The Kier molecular flexibility index (Phi) is 55.0. The first kappa shape index (κ1) is 64.6. The molecule has 66 heavy (non-hydrogen) atoms. The summed E-state index contributed by atoms with van der Waals surface area (Å²) in [6.45, 7) is 4.87. The molecule has 0 radical (unpaired) electrons. The topological polar surface area (TPSA) is 95.9 Å². The number of carbonyl (C=O) groups is 2. The highest BCUT2D eigenvalue weighted by atomic mass is 16.5. The molecule has 0 aromatic carbocycles. The van der Waals surface area contributed by atoms with Crippen molar-refractivity contribution in [1.29, 1.82) is 0 Å². The molecule has 0 spiro atoms. The Morgan fingerprint density at radius 3 is 1.03 bits per heavy atom. The highest BCUT2D eigenvalue weighted by Crippen LogP contribution is 2.18. The molecule has 0 saturated carbocycles. The SMILES string of the molecule is CCCCCCCCCCCCCCCCCCCCCCCCC/C=C/C(O)C(CO)NC(=O)CCCCCCCCCCCOC(=O)CCCCCCCCCCCCCCCCC. The van der Waals surface area contributed by atoms with Crippen LogP contribution in [0.15, 0.2) is 12.2 Å². The Morgan fingerprint density at radius 2 is 0.697 bits per heavy atom. The number of rotatable bonds is 56. The molecule has 0 aliphatic rings.